The van der Waals surface area contributed by atoms with Crippen LogP contribution in [0.3, 0.4) is 0 Å². The maximum absolute atomic E-state index is 12.5. The van der Waals surface area contributed by atoms with E-state index in [4.69, 9.17) is 0 Å². The normalized spacial score (nSPS) is 21.5. The van der Waals surface area contributed by atoms with E-state index in [-0.39, 0.29) is 23.8 Å². The largest absolute Gasteiger partial charge is 0.341 e. The number of imidazole rings is 1. The van der Waals surface area contributed by atoms with Gasteiger partial charge in [-0.15, -0.1) is 0 Å². The average molecular weight is 332 g/mol. The fraction of sp³-hybridized carbons (Fsp3) is 0.722. The highest BCUT2D eigenvalue weighted by molar-refractivity contribution is 5.86. The van der Waals surface area contributed by atoms with Crippen LogP contribution < -0.4 is 0 Å². The van der Waals surface area contributed by atoms with Crippen molar-refractivity contribution in [3.63, 3.8) is 0 Å². The summed E-state index contributed by atoms with van der Waals surface area (Å²) < 4.78 is 2.19. The standard InChI is InChI=1S/C18H28N4O2/c1-14-19-6-9-21(14)11-15-4-7-20(8-5-15)17(24)12-22-13-18(2,3)10-16(22)23/h6,9,15H,4-5,7-8,10-13H2,1-3H3. The topological polar surface area (TPSA) is 58.4 Å². The summed E-state index contributed by atoms with van der Waals surface area (Å²) in [5, 5.41) is 0. The van der Waals surface area contributed by atoms with Crippen LogP contribution in [0.1, 0.15) is 38.9 Å². The fourth-order valence-corrected chi connectivity index (χ4v) is 3.83. The van der Waals surface area contributed by atoms with Gasteiger partial charge in [0.2, 0.25) is 11.8 Å². The van der Waals surface area contributed by atoms with Crippen LogP contribution in [-0.4, -0.2) is 57.3 Å². The molecular weight excluding hydrogens is 304 g/mol. The van der Waals surface area contributed by atoms with Crippen LogP contribution >= 0.6 is 0 Å². The average Bonchev–Trinajstić information content (AvgIpc) is 3.02. The Kier molecular flexibility index (Phi) is 4.65. The number of rotatable bonds is 4. The molecule has 1 aromatic heterocycles. The smallest absolute Gasteiger partial charge is 0.242 e. The zero-order valence-corrected chi connectivity index (χ0v) is 15.0. The van der Waals surface area contributed by atoms with Crippen molar-refractivity contribution in [2.75, 3.05) is 26.2 Å². The Labute approximate surface area is 143 Å². The second kappa shape index (κ2) is 6.57. The molecule has 0 spiro atoms. The van der Waals surface area contributed by atoms with Gasteiger partial charge in [0, 0.05) is 45.0 Å². The zero-order valence-electron chi connectivity index (χ0n) is 15.0. The summed E-state index contributed by atoms with van der Waals surface area (Å²) in [6.45, 7) is 9.69. The summed E-state index contributed by atoms with van der Waals surface area (Å²) in [6.07, 6.45) is 6.44. The van der Waals surface area contributed by atoms with E-state index >= 15 is 0 Å². The first kappa shape index (κ1) is 17.0. The van der Waals surface area contributed by atoms with E-state index in [0.29, 0.717) is 18.9 Å². The van der Waals surface area contributed by atoms with Gasteiger partial charge in [-0.2, -0.15) is 0 Å². The molecule has 2 aliphatic rings. The van der Waals surface area contributed by atoms with Gasteiger partial charge in [0.15, 0.2) is 0 Å². The van der Waals surface area contributed by atoms with Gasteiger partial charge in [-0.05, 0) is 31.1 Å². The van der Waals surface area contributed by atoms with Gasteiger partial charge in [-0.25, -0.2) is 4.98 Å². The molecule has 2 aliphatic heterocycles. The Hall–Kier alpha value is -1.85. The molecule has 1 aromatic rings. The molecular formula is C18H28N4O2. The molecule has 0 unspecified atom stereocenters. The van der Waals surface area contributed by atoms with Crippen LogP contribution in [0.4, 0.5) is 0 Å². The Bertz CT molecular complexity index is 614. The van der Waals surface area contributed by atoms with E-state index in [0.717, 1.165) is 38.3 Å². The molecule has 2 amide bonds. The van der Waals surface area contributed by atoms with Crippen molar-refractivity contribution in [3.8, 4) is 0 Å². The van der Waals surface area contributed by atoms with E-state index in [1.54, 1.807) is 4.90 Å². The maximum atomic E-state index is 12.5. The Morgan fingerprint density at radius 2 is 2.04 bits per heavy atom. The monoisotopic (exact) mass is 332 g/mol. The van der Waals surface area contributed by atoms with Crippen molar-refractivity contribution < 1.29 is 9.59 Å². The molecule has 0 aromatic carbocycles. The number of aromatic nitrogens is 2. The third-order valence-corrected chi connectivity index (χ3v) is 5.27. The number of likely N-dealkylation sites (tertiary alicyclic amines) is 2. The van der Waals surface area contributed by atoms with Crippen molar-refractivity contribution in [3.05, 3.63) is 18.2 Å². The lowest BCUT2D eigenvalue weighted by Gasteiger charge is -2.33. The number of amides is 2. The van der Waals surface area contributed by atoms with Gasteiger partial charge in [0.1, 0.15) is 5.82 Å². The van der Waals surface area contributed by atoms with Crippen molar-refractivity contribution >= 4 is 11.8 Å². The van der Waals surface area contributed by atoms with Crippen LogP contribution in [0.25, 0.3) is 0 Å². The molecule has 6 heteroatoms. The Morgan fingerprint density at radius 3 is 2.58 bits per heavy atom. The minimum atomic E-state index is -0.00693. The van der Waals surface area contributed by atoms with E-state index in [2.05, 4.69) is 23.4 Å². The van der Waals surface area contributed by atoms with Crippen molar-refractivity contribution in [2.24, 2.45) is 11.3 Å². The Balaban J connectivity index is 1.47. The molecule has 3 heterocycles. The molecule has 0 N–H and O–H groups in total. The molecule has 0 radical (unpaired) electrons. The predicted octanol–water partition coefficient (Wildman–Crippen LogP) is 1.69. The molecule has 0 bridgehead atoms. The number of nitrogens with zero attached hydrogens (tertiary/aromatic N) is 4. The highest BCUT2D eigenvalue weighted by atomic mass is 16.2. The fourth-order valence-electron chi connectivity index (χ4n) is 3.83. The van der Waals surface area contributed by atoms with Gasteiger partial charge in [-0.1, -0.05) is 13.8 Å². The zero-order chi connectivity index (χ0) is 17.3. The van der Waals surface area contributed by atoms with E-state index < -0.39 is 0 Å². The second-order valence-corrected chi connectivity index (χ2v) is 8.04. The second-order valence-electron chi connectivity index (χ2n) is 8.04. The summed E-state index contributed by atoms with van der Waals surface area (Å²) in [6, 6.07) is 0. The lowest BCUT2D eigenvalue weighted by molar-refractivity contribution is -0.139. The summed E-state index contributed by atoms with van der Waals surface area (Å²) in [5.41, 5.74) is -0.00693. The number of hydrogen-bond acceptors (Lipinski definition) is 3. The van der Waals surface area contributed by atoms with Gasteiger partial charge < -0.3 is 14.4 Å². The summed E-state index contributed by atoms with van der Waals surface area (Å²) >= 11 is 0. The van der Waals surface area contributed by atoms with Crippen LogP contribution in [0.5, 0.6) is 0 Å². The third kappa shape index (κ3) is 3.79. The molecule has 132 valence electrons. The first-order chi connectivity index (χ1) is 11.3. The first-order valence-corrected chi connectivity index (χ1v) is 8.87. The third-order valence-electron chi connectivity index (χ3n) is 5.27. The summed E-state index contributed by atoms with van der Waals surface area (Å²) in [5.74, 6) is 1.84. The highest BCUT2D eigenvalue weighted by Crippen LogP contribution is 2.30. The molecule has 0 atom stereocenters. The van der Waals surface area contributed by atoms with Crippen LogP contribution in [0, 0.1) is 18.3 Å². The van der Waals surface area contributed by atoms with Crippen molar-refractivity contribution in [2.45, 2.75) is 46.6 Å². The highest BCUT2D eigenvalue weighted by Gasteiger charge is 2.37. The van der Waals surface area contributed by atoms with Gasteiger partial charge >= 0.3 is 0 Å². The summed E-state index contributed by atoms with van der Waals surface area (Å²) in [7, 11) is 0. The molecule has 2 fully saturated rings. The van der Waals surface area contributed by atoms with Crippen LogP contribution in [0.15, 0.2) is 12.4 Å². The van der Waals surface area contributed by atoms with Gasteiger partial charge in [-0.3, -0.25) is 9.59 Å². The molecule has 24 heavy (non-hydrogen) atoms. The number of aryl methyl sites for hydroxylation is 1. The Morgan fingerprint density at radius 1 is 1.33 bits per heavy atom. The maximum Gasteiger partial charge on any atom is 0.242 e. The molecule has 3 rings (SSSR count). The number of hydrogen-bond donors (Lipinski definition) is 0. The lowest BCUT2D eigenvalue weighted by Crippen LogP contribution is -2.45. The van der Waals surface area contributed by atoms with E-state index in [1.165, 1.54) is 0 Å². The lowest BCUT2D eigenvalue weighted by atomic mass is 9.93. The quantitative estimate of drug-likeness (QED) is 0.843. The predicted molar refractivity (Wildman–Crippen MR) is 91.2 cm³/mol. The minimum Gasteiger partial charge on any atom is -0.341 e. The molecule has 0 aliphatic carbocycles. The molecule has 6 nitrogen and oxygen atoms in total. The van der Waals surface area contributed by atoms with Crippen molar-refractivity contribution in [1.29, 1.82) is 0 Å². The summed E-state index contributed by atoms with van der Waals surface area (Å²) in [4.78, 5) is 32.4. The van der Waals surface area contributed by atoms with Gasteiger partial charge in [0.05, 0.1) is 6.54 Å². The number of carbonyl (C=O) groups is 2. The van der Waals surface area contributed by atoms with E-state index in [9.17, 15) is 9.59 Å². The van der Waals surface area contributed by atoms with Gasteiger partial charge in [0.25, 0.3) is 0 Å². The number of carbonyl (C=O) groups excluding carboxylic acids is 2. The van der Waals surface area contributed by atoms with Crippen LogP contribution in [-0.2, 0) is 16.1 Å². The SMILES string of the molecule is Cc1nccn1CC1CCN(C(=O)CN2CC(C)(C)CC2=O)CC1. The minimum absolute atomic E-state index is 0.00693. The van der Waals surface area contributed by atoms with Crippen LogP contribution in [0.2, 0.25) is 0 Å². The first-order valence-electron chi connectivity index (χ1n) is 8.87. The molecule has 0 saturated carbocycles. The number of piperidine rings is 1. The van der Waals surface area contributed by atoms with E-state index in [1.807, 2.05) is 24.2 Å². The van der Waals surface area contributed by atoms with Crippen molar-refractivity contribution in [1.82, 2.24) is 19.4 Å². The molecule has 2 saturated heterocycles.